The van der Waals surface area contributed by atoms with E-state index < -0.39 is 5.56 Å². The van der Waals surface area contributed by atoms with E-state index in [9.17, 15) is 4.79 Å². The van der Waals surface area contributed by atoms with Gasteiger partial charge in [0.2, 0.25) is 5.82 Å². The van der Waals surface area contributed by atoms with Gasteiger partial charge in [0.25, 0.3) is 5.56 Å². The predicted molar refractivity (Wildman–Crippen MR) is 168 cm³/mol. The minimum Gasteiger partial charge on any atom is -0.493 e. The van der Waals surface area contributed by atoms with Crippen LogP contribution in [0.5, 0.6) is 11.5 Å². The maximum atomic E-state index is 13.7. The van der Waals surface area contributed by atoms with Gasteiger partial charge in [-0.25, -0.2) is 4.98 Å². The highest BCUT2D eigenvalue weighted by Gasteiger charge is 2.18. The highest BCUT2D eigenvalue weighted by atomic mass is 35.5. The predicted octanol–water partition coefficient (Wildman–Crippen LogP) is 8.89. The van der Waals surface area contributed by atoms with Gasteiger partial charge >= 0.3 is 0 Å². The summed E-state index contributed by atoms with van der Waals surface area (Å²) in [4.78, 5) is 18.4. The summed E-state index contributed by atoms with van der Waals surface area (Å²) in [6.45, 7) is 0.153. The number of benzene rings is 4. The van der Waals surface area contributed by atoms with E-state index in [0.717, 1.165) is 10.9 Å². The molecular formula is C31H19Cl4N3O4. The number of para-hydroxylation sites is 1. The molecule has 210 valence electrons. The molecule has 0 amide bonds. The smallest absolute Gasteiger partial charge is 0.282 e. The highest BCUT2D eigenvalue weighted by Crippen LogP contribution is 2.35. The first kappa shape index (κ1) is 28.1. The highest BCUT2D eigenvalue weighted by molar-refractivity contribution is 6.42. The second kappa shape index (κ2) is 11.7. The molecule has 0 aliphatic carbocycles. The molecule has 7 nitrogen and oxygen atoms in total. The Morgan fingerprint density at radius 2 is 1.76 bits per heavy atom. The van der Waals surface area contributed by atoms with Gasteiger partial charge in [-0.2, -0.15) is 9.78 Å². The Balaban J connectivity index is 1.47. The van der Waals surface area contributed by atoms with E-state index in [0.29, 0.717) is 59.4 Å². The third-order valence-electron chi connectivity index (χ3n) is 6.40. The van der Waals surface area contributed by atoms with Crippen LogP contribution in [0.3, 0.4) is 0 Å². The summed E-state index contributed by atoms with van der Waals surface area (Å²) >= 11 is 24.8. The van der Waals surface area contributed by atoms with E-state index in [2.05, 4.69) is 5.10 Å². The maximum absolute atomic E-state index is 13.7. The zero-order chi connectivity index (χ0) is 29.4. The van der Waals surface area contributed by atoms with Crippen molar-refractivity contribution in [2.45, 2.75) is 6.61 Å². The van der Waals surface area contributed by atoms with Gasteiger partial charge in [0.15, 0.2) is 17.3 Å². The molecule has 0 saturated carbocycles. The molecule has 6 aromatic rings. The topological polar surface area (TPSA) is 78.9 Å². The molecule has 0 aliphatic heterocycles. The summed E-state index contributed by atoms with van der Waals surface area (Å²) in [5.74, 6) is 1.28. The van der Waals surface area contributed by atoms with Crippen molar-refractivity contribution >= 4 is 74.5 Å². The number of aromatic nitrogens is 2. The molecule has 0 N–H and O–H groups in total. The third kappa shape index (κ3) is 5.56. The van der Waals surface area contributed by atoms with E-state index in [1.807, 2.05) is 0 Å². The molecule has 0 spiro atoms. The van der Waals surface area contributed by atoms with Crippen LogP contribution in [0.2, 0.25) is 20.1 Å². The summed E-state index contributed by atoms with van der Waals surface area (Å²) in [6, 6.07) is 22.5. The Morgan fingerprint density at radius 1 is 0.929 bits per heavy atom. The number of fused-ring (bicyclic) bond motifs is 2. The van der Waals surface area contributed by atoms with E-state index in [1.165, 1.54) is 18.0 Å². The fraction of sp³-hybridized carbons (Fsp3) is 0.0645. The lowest BCUT2D eigenvalue weighted by Gasteiger charge is -2.14. The van der Waals surface area contributed by atoms with Crippen molar-refractivity contribution < 1.29 is 13.9 Å². The number of hydrogen-bond acceptors (Lipinski definition) is 6. The molecule has 0 atom stereocenters. The summed E-state index contributed by atoms with van der Waals surface area (Å²) in [5, 5.41) is 7.48. The van der Waals surface area contributed by atoms with Gasteiger partial charge in [-0.15, -0.1) is 0 Å². The second-order valence-corrected chi connectivity index (χ2v) is 10.9. The first-order chi connectivity index (χ1) is 20.3. The lowest BCUT2D eigenvalue weighted by molar-refractivity contribution is 0.284. The van der Waals surface area contributed by atoms with Crippen LogP contribution in [-0.2, 0) is 6.61 Å². The fourth-order valence-corrected chi connectivity index (χ4v) is 5.13. The Labute approximate surface area is 259 Å². The van der Waals surface area contributed by atoms with Crippen molar-refractivity contribution in [1.29, 1.82) is 0 Å². The molecule has 0 radical (unpaired) electrons. The zero-order valence-electron chi connectivity index (χ0n) is 21.8. The molecule has 0 aliphatic rings. The Morgan fingerprint density at radius 3 is 2.57 bits per heavy atom. The molecule has 0 saturated heterocycles. The number of methoxy groups -OCH3 is 1. The van der Waals surface area contributed by atoms with Crippen LogP contribution in [0.1, 0.15) is 11.1 Å². The minimum absolute atomic E-state index is 0.153. The average Bonchev–Trinajstić information content (AvgIpc) is 3.40. The molecular weight excluding hydrogens is 620 g/mol. The van der Waals surface area contributed by atoms with Crippen LogP contribution in [-0.4, -0.2) is 23.0 Å². The molecule has 0 fully saturated rings. The van der Waals surface area contributed by atoms with Crippen molar-refractivity contribution in [3.8, 4) is 23.1 Å². The van der Waals surface area contributed by atoms with Crippen LogP contribution in [0.15, 0.2) is 93.2 Å². The van der Waals surface area contributed by atoms with Crippen molar-refractivity contribution in [3.05, 3.63) is 120 Å². The summed E-state index contributed by atoms with van der Waals surface area (Å²) in [7, 11) is 1.50. The molecule has 2 aromatic heterocycles. The second-order valence-electron chi connectivity index (χ2n) is 9.17. The Kier molecular flexibility index (Phi) is 7.84. The van der Waals surface area contributed by atoms with Crippen LogP contribution >= 0.6 is 46.4 Å². The summed E-state index contributed by atoms with van der Waals surface area (Å²) in [5.41, 5.74) is 1.94. The van der Waals surface area contributed by atoms with E-state index >= 15 is 0 Å². The van der Waals surface area contributed by atoms with Gasteiger partial charge in [0.1, 0.15) is 12.2 Å². The van der Waals surface area contributed by atoms with Crippen molar-refractivity contribution in [3.63, 3.8) is 0 Å². The number of ether oxygens (including phenoxy) is 2. The normalized spacial score (nSPS) is 11.5. The minimum atomic E-state index is -0.391. The van der Waals surface area contributed by atoms with E-state index in [4.69, 9.17) is 65.3 Å². The van der Waals surface area contributed by atoms with Crippen LogP contribution < -0.4 is 15.0 Å². The monoisotopic (exact) mass is 637 g/mol. The molecule has 6 rings (SSSR count). The molecule has 2 heterocycles. The summed E-state index contributed by atoms with van der Waals surface area (Å²) in [6.07, 6.45) is 1.46. The van der Waals surface area contributed by atoms with Crippen LogP contribution in [0.4, 0.5) is 0 Å². The van der Waals surface area contributed by atoms with Crippen molar-refractivity contribution in [2.75, 3.05) is 7.11 Å². The fourth-order valence-electron chi connectivity index (χ4n) is 4.41. The average molecular weight is 639 g/mol. The van der Waals surface area contributed by atoms with Gasteiger partial charge in [-0.1, -0.05) is 64.6 Å². The number of hydrogen-bond donors (Lipinski definition) is 0. The van der Waals surface area contributed by atoms with Crippen molar-refractivity contribution in [1.82, 2.24) is 9.66 Å². The molecule has 42 heavy (non-hydrogen) atoms. The number of halogens is 4. The first-order valence-electron chi connectivity index (χ1n) is 12.5. The quantitative estimate of drug-likeness (QED) is 0.163. The Bertz CT molecular complexity index is 2070. The third-order valence-corrected chi connectivity index (χ3v) is 7.59. The Hall–Kier alpha value is -4.01. The van der Waals surface area contributed by atoms with Gasteiger partial charge in [-0.3, -0.25) is 4.79 Å². The van der Waals surface area contributed by atoms with Crippen molar-refractivity contribution in [2.24, 2.45) is 5.10 Å². The lowest BCUT2D eigenvalue weighted by atomic mass is 10.2. The van der Waals surface area contributed by atoms with Gasteiger partial charge in [-0.05, 0) is 60.2 Å². The number of rotatable bonds is 7. The standard InChI is InChI=1S/C31H19Cl4N3O4/c1-40-27-14-21(33)12-19(29(27)41-16-17-6-8-23(34)24(35)10-17)15-36-38-30(37-25-5-3-2-4-22(25)31(38)39)28-13-18-11-20(32)7-9-26(18)42-28/h2-15H,16H2,1H3. The lowest BCUT2D eigenvalue weighted by Crippen LogP contribution is -2.20. The zero-order valence-corrected chi connectivity index (χ0v) is 24.8. The van der Waals surface area contributed by atoms with Gasteiger partial charge in [0, 0.05) is 27.1 Å². The van der Waals surface area contributed by atoms with Gasteiger partial charge < -0.3 is 13.9 Å². The van der Waals surface area contributed by atoms with Crippen LogP contribution in [0, 0.1) is 0 Å². The van der Waals surface area contributed by atoms with E-state index in [1.54, 1.807) is 78.9 Å². The van der Waals surface area contributed by atoms with Crippen LogP contribution in [0.25, 0.3) is 33.5 Å². The molecule has 4 aromatic carbocycles. The molecule has 0 unspecified atom stereocenters. The SMILES string of the molecule is COc1cc(Cl)cc(C=Nn2c(-c3cc4cc(Cl)ccc4o3)nc3ccccc3c2=O)c1OCc1ccc(Cl)c(Cl)c1. The van der Waals surface area contributed by atoms with E-state index in [-0.39, 0.29) is 12.4 Å². The molecule has 0 bridgehead atoms. The maximum Gasteiger partial charge on any atom is 0.282 e. The largest absolute Gasteiger partial charge is 0.493 e. The number of nitrogens with zero attached hydrogens (tertiary/aromatic N) is 3. The molecule has 11 heteroatoms. The first-order valence-corrected chi connectivity index (χ1v) is 14.0. The number of furan rings is 1. The van der Waals surface area contributed by atoms with Gasteiger partial charge in [0.05, 0.1) is 34.3 Å². The summed E-state index contributed by atoms with van der Waals surface area (Å²) < 4.78 is 18.9.